The largest absolute Gasteiger partial charge is 0.462 e. The Balaban J connectivity index is 1.39. The zero-order valence-corrected chi connectivity index (χ0v) is 22.9. The number of nitrogens with zero attached hydrogens (tertiary/aromatic N) is 1. The molecular formula is C28H28N2O3S3. The molecule has 1 aromatic carbocycles. The summed E-state index contributed by atoms with van der Waals surface area (Å²) in [6, 6.07) is 10.8. The Morgan fingerprint density at radius 2 is 1.92 bits per heavy atom. The summed E-state index contributed by atoms with van der Waals surface area (Å²) in [6.07, 6.45) is 6.83. The molecule has 2 aliphatic rings. The number of carbonyl (C=O) groups is 2. The van der Waals surface area contributed by atoms with Gasteiger partial charge in [-0.05, 0) is 74.6 Å². The van der Waals surface area contributed by atoms with Crippen LogP contribution in [-0.2, 0) is 35.2 Å². The Labute approximate surface area is 223 Å². The first kappa shape index (κ1) is 25.1. The van der Waals surface area contributed by atoms with E-state index >= 15 is 0 Å². The smallest absolute Gasteiger partial charge is 0.341 e. The number of esters is 1. The number of carbonyl (C=O) groups excluding carboxylic acids is 2. The number of aryl methyl sites for hydroxylation is 2. The van der Waals surface area contributed by atoms with Crippen molar-refractivity contribution in [2.75, 3.05) is 11.9 Å². The van der Waals surface area contributed by atoms with Crippen LogP contribution in [0, 0.1) is 11.3 Å². The van der Waals surface area contributed by atoms with Crippen molar-refractivity contribution in [1.29, 1.82) is 5.26 Å². The highest BCUT2D eigenvalue weighted by Gasteiger charge is 2.30. The number of hydrogen-bond acceptors (Lipinski definition) is 7. The van der Waals surface area contributed by atoms with Crippen molar-refractivity contribution in [1.82, 2.24) is 0 Å². The van der Waals surface area contributed by atoms with Gasteiger partial charge in [0.2, 0.25) is 5.91 Å². The second-order valence-corrected chi connectivity index (χ2v) is 12.8. The van der Waals surface area contributed by atoms with Crippen molar-refractivity contribution in [3.05, 3.63) is 57.0 Å². The Hall–Kier alpha value is -2.60. The second-order valence-electron chi connectivity index (χ2n) is 9.08. The maximum absolute atomic E-state index is 13.3. The summed E-state index contributed by atoms with van der Waals surface area (Å²) in [5.41, 5.74) is 5.88. The molecule has 1 N–H and O–H groups in total. The fraction of sp³-hybridized carbons (Fsp3) is 0.393. The minimum Gasteiger partial charge on any atom is -0.462 e. The number of thiophene rings is 2. The minimum absolute atomic E-state index is 0.169. The highest BCUT2D eigenvalue weighted by molar-refractivity contribution is 8.02. The third-order valence-corrected chi connectivity index (χ3v) is 10.6. The van der Waals surface area contributed by atoms with Crippen LogP contribution in [0.3, 0.4) is 0 Å². The van der Waals surface area contributed by atoms with Gasteiger partial charge in [-0.1, -0.05) is 30.7 Å². The summed E-state index contributed by atoms with van der Waals surface area (Å²) in [6.45, 7) is 3.95. The van der Waals surface area contributed by atoms with Crippen LogP contribution in [0.5, 0.6) is 0 Å². The van der Waals surface area contributed by atoms with Gasteiger partial charge in [0.05, 0.1) is 27.2 Å². The van der Waals surface area contributed by atoms with E-state index in [1.54, 1.807) is 18.3 Å². The molecule has 5 nitrogen and oxygen atoms in total. The fourth-order valence-electron chi connectivity index (χ4n) is 4.99. The van der Waals surface area contributed by atoms with Crippen LogP contribution < -0.4 is 5.32 Å². The van der Waals surface area contributed by atoms with E-state index in [0.717, 1.165) is 65.2 Å². The molecule has 2 aromatic heterocycles. The normalized spacial score (nSPS) is 15.0. The number of thioether (sulfide) groups is 1. The van der Waals surface area contributed by atoms with Crippen molar-refractivity contribution >= 4 is 51.3 Å². The standard InChI is InChI=1S/C28H28N2O3S3/c1-3-33-27(32)23-20-11-5-4-6-12-22(20)35-26(23)30-25(31)16(2)34-28-21(15-29)19-14-13-17-9-7-8-10-18(17)24(19)36-28/h7-10,16H,3-6,11-14H2,1-2H3,(H,30,31). The highest BCUT2D eigenvalue weighted by Crippen LogP contribution is 2.47. The van der Waals surface area contributed by atoms with Gasteiger partial charge in [0.15, 0.2) is 0 Å². The molecule has 0 fully saturated rings. The maximum Gasteiger partial charge on any atom is 0.341 e. The fourth-order valence-corrected chi connectivity index (χ4v) is 9.01. The average molecular weight is 537 g/mol. The lowest BCUT2D eigenvalue weighted by atomic mass is 9.90. The van der Waals surface area contributed by atoms with Crippen LogP contribution >= 0.6 is 34.4 Å². The summed E-state index contributed by atoms with van der Waals surface area (Å²) in [5.74, 6) is -0.526. The predicted molar refractivity (Wildman–Crippen MR) is 147 cm³/mol. The van der Waals surface area contributed by atoms with E-state index in [-0.39, 0.29) is 11.9 Å². The first-order chi connectivity index (χ1) is 17.5. The third kappa shape index (κ3) is 4.72. The van der Waals surface area contributed by atoms with Crippen LogP contribution in [0.15, 0.2) is 28.5 Å². The summed E-state index contributed by atoms with van der Waals surface area (Å²) >= 11 is 4.55. The van der Waals surface area contributed by atoms with Crippen LogP contribution in [0.4, 0.5) is 5.00 Å². The molecule has 5 rings (SSSR count). The number of nitriles is 1. The summed E-state index contributed by atoms with van der Waals surface area (Å²) in [5, 5.41) is 13.2. The average Bonchev–Trinajstić information content (AvgIpc) is 3.32. The summed E-state index contributed by atoms with van der Waals surface area (Å²) in [4.78, 5) is 28.5. The predicted octanol–water partition coefficient (Wildman–Crippen LogP) is 7.01. The molecular weight excluding hydrogens is 509 g/mol. The van der Waals surface area contributed by atoms with E-state index in [9.17, 15) is 14.9 Å². The molecule has 186 valence electrons. The van der Waals surface area contributed by atoms with Gasteiger partial charge in [0.1, 0.15) is 11.1 Å². The van der Waals surface area contributed by atoms with Crippen LogP contribution in [0.25, 0.3) is 10.4 Å². The molecule has 0 spiro atoms. The minimum atomic E-state index is -0.426. The molecule has 0 bridgehead atoms. The lowest BCUT2D eigenvalue weighted by Crippen LogP contribution is -2.23. The van der Waals surface area contributed by atoms with Crippen molar-refractivity contribution in [3.63, 3.8) is 0 Å². The van der Waals surface area contributed by atoms with Gasteiger partial charge in [0.25, 0.3) is 0 Å². The third-order valence-electron chi connectivity index (χ3n) is 6.78. The van der Waals surface area contributed by atoms with E-state index in [0.29, 0.717) is 22.7 Å². The van der Waals surface area contributed by atoms with Crippen molar-refractivity contribution in [2.24, 2.45) is 0 Å². The van der Waals surface area contributed by atoms with Crippen molar-refractivity contribution in [2.45, 2.75) is 68.3 Å². The molecule has 0 saturated heterocycles. The molecule has 3 aromatic rings. The van der Waals surface area contributed by atoms with E-state index in [4.69, 9.17) is 4.74 Å². The number of benzene rings is 1. The molecule has 8 heteroatoms. The van der Waals surface area contributed by atoms with Crippen molar-refractivity contribution in [3.8, 4) is 16.5 Å². The maximum atomic E-state index is 13.3. The Morgan fingerprint density at radius 1 is 1.11 bits per heavy atom. The number of anilines is 1. The van der Waals surface area contributed by atoms with E-state index in [1.807, 2.05) is 13.0 Å². The van der Waals surface area contributed by atoms with E-state index < -0.39 is 5.25 Å². The van der Waals surface area contributed by atoms with Gasteiger partial charge in [-0.25, -0.2) is 4.79 Å². The molecule has 2 heterocycles. The topological polar surface area (TPSA) is 79.2 Å². The molecule has 2 aliphatic carbocycles. The molecule has 1 atom stereocenters. The first-order valence-corrected chi connectivity index (χ1v) is 15.0. The Bertz CT molecular complexity index is 1370. The van der Waals surface area contributed by atoms with Gasteiger partial charge >= 0.3 is 5.97 Å². The molecule has 0 radical (unpaired) electrons. The van der Waals surface area contributed by atoms with Gasteiger partial charge in [0, 0.05) is 9.75 Å². The lowest BCUT2D eigenvalue weighted by molar-refractivity contribution is -0.115. The number of fused-ring (bicyclic) bond motifs is 4. The molecule has 36 heavy (non-hydrogen) atoms. The quantitative estimate of drug-likeness (QED) is 0.208. The second kappa shape index (κ2) is 10.8. The summed E-state index contributed by atoms with van der Waals surface area (Å²) in [7, 11) is 0. The number of nitrogens with one attached hydrogen (secondary N) is 1. The van der Waals surface area contributed by atoms with E-state index in [1.165, 1.54) is 39.1 Å². The molecule has 0 saturated carbocycles. The Kier molecular flexibility index (Phi) is 7.52. The van der Waals surface area contributed by atoms with Gasteiger partial charge in [-0.2, -0.15) is 5.26 Å². The lowest BCUT2D eigenvalue weighted by Gasteiger charge is -2.15. The SMILES string of the molecule is CCOC(=O)c1c(NC(=O)C(C)Sc2sc3c(c2C#N)CCc2ccccc2-3)sc2c1CCCCC2. The highest BCUT2D eigenvalue weighted by atomic mass is 32.2. The zero-order valence-electron chi connectivity index (χ0n) is 20.4. The van der Waals surface area contributed by atoms with Gasteiger partial charge in [-0.15, -0.1) is 34.4 Å². The first-order valence-electron chi connectivity index (χ1n) is 12.4. The van der Waals surface area contributed by atoms with Gasteiger partial charge < -0.3 is 10.1 Å². The van der Waals surface area contributed by atoms with Crippen LogP contribution in [-0.4, -0.2) is 23.7 Å². The number of amides is 1. The zero-order chi connectivity index (χ0) is 25.2. The Morgan fingerprint density at radius 3 is 2.72 bits per heavy atom. The van der Waals surface area contributed by atoms with E-state index in [2.05, 4.69) is 29.6 Å². The summed E-state index contributed by atoms with van der Waals surface area (Å²) < 4.78 is 6.24. The van der Waals surface area contributed by atoms with Crippen LogP contribution in [0.1, 0.15) is 70.6 Å². The molecule has 0 aliphatic heterocycles. The number of hydrogen-bond donors (Lipinski definition) is 1. The molecule has 1 amide bonds. The van der Waals surface area contributed by atoms with Crippen molar-refractivity contribution < 1.29 is 14.3 Å². The van der Waals surface area contributed by atoms with Gasteiger partial charge in [-0.3, -0.25) is 4.79 Å². The van der Waals surface area contributed by atoms with Crippen LogP contribution in [0.2, 0.25) is 0 Å². The monoisotopic (exact) mass is 536 g/mol. The number of ether oxygens (including phenoxy) is 1. The number of rotatable bonds is 6. The molecule has 1 unspecified atom stereocenters.